The molecule has 0 radical (unpaired) electrons. The Kier molecular flexibility index (Phi) is 63.7. The van der Waals surface area contributed by atoms with E-state index in [1.807, 2.05) is 0 Å². The molecule has 546 valence electrons. The van der Waals surface area contributed by atoms with Crippen LogP contribution in [0.5, 0.6) is 0 Å². The van der Waals surface area contributed by atoms with E-state index < -0.39 is 97.5 Å². The Morgan fingerprint density at radius 1 is 0.293 bits per heavy atom. The van der Waals surface area contributed by atoms with Gasteiger partial charge in [0.2, 0.25) is 0 Å². The highest BCUT2D eigenvalue weighted by molar-refractivity contribution is 7.47. The second-order valence-corrected chi connectivity index (χ2v) is 30.2. The van der Waals surface area contributed by atoms with Gasteiger partial charge < -0.3 is 33.8 Å². The molecule has 3 N–H and O–H groups in total. The van der Waals surface area contributed by atoms with Gasteiger partial charge in [-0.05, 0) is 37.5 Å². The first-order chi connectivity index (χ1) is 44.4. The van der Waals surface area contributed by atoms with Gasteiger partial charge in [-0.2, -0.15) is 0 Å². The topological polar surface area (TPSA) is 237 Å². The number of carbonyl (C=O) groups excluding carboxylic acids is 4. The van der Waals surface area contributed by atoms with E-state index in [0.717, 1.165) is 96.3 Å². The van der Waals surface area contributed by atoms with Crippen molar-refractivity contribution in [2.75, 3.05) is 39.6 Å². The van der Waals surface area contributed by atoms with E-state index in [4.69, 9.17) is 37.0 Å². The molecule has 0 aromatic rings. The zero-order valence-corrected chi connectivity index (χ0v) is 61.6. The maximum Gasteiger partial charge on any atom is 0.472 e. The van der Waals surface area contributed by atoms with E-state index in [9.17, 15) is 43.2 Å². The summed E-state index contributed by atoms with van der Waals surface area (Å²) in [6, 6.07) is 0. The van der Waals surface area contributed by atoms with Crippen LogP contribution >= 0.6 is 15.6 Å². The lowest BCUT2D eigenvalue weighted by atomic mass is 10.0. The summed E-state index contributed by atoms with van der Waals surface area (Å²) < 4.78 is 68.3. The van der Waals surface area contributed by atoms with Crippen LogP contribution in [-0.4, -0.2) is 96.7 Å². The fraction of sp³-hybridized carbons (Fsp3) is 0.945. The van der Waals surface area contributed by atoms with Crippen molar-refractivity contribution in [3.8, 4) is 0 Å². The highest BCUT2D eigenvalue weighted by Crippen LogP contribution is 2.45. The van der Waals surface area contributed by atoms with Crippen LogP contribution in [0.3, 0.4) is 0 Å². The molecule has 0 aliphatic heterocycles. The number of ether oxygens (including phenoxy) is 4. The third-order valence-electron chi connectivity index (χ3n) is 17.0. The number of esters is 4. The highest BCUT2D eigenvalue weighted by Gasteiger charge is 2.30. The summed E-state index contributed by atoms with van der Waals surface area (Å²) in [5, 5.41) is 10.6. The minimum absolute atomic E-state index is 0.103. The molecule has 0 aliphatic carbocycles. The van der Waals surface area contributed by atoms with Crippen LogP contribution in [0.1, 0.15) is 375 Å². The maximum absolute atomic E-state index is 13.0. The maximum atomic E-state index is 13.0. The van der Waals surface area contributed by atoms with E-state index in [0.29, 0.717) is 37.5 Å². The number of hydrogen-bond donors (Lipinski definition) is 3. The van der Waals surface area contributed by atoms with Crippen LogP contribution in [0, 0.1) is 11.8 Å². The zero-order chi connectivity index (χ0) is 67.9. The van der Waals surface area contributed by atoms with E-state index in [1.54, 1.807) is 0 Å². The quantitative estimate of drug-likeness (QED) is 0.0222. The molecule has 0 bridgehead atoms. The van der Waals surface area contributed by atoms with Gasteiger partial charge in [-0.1, -0.05) is 324 Å². The largest absolute Gasteiger partial charge is 0.472 e. The van der Waals surface area contributed by atoms with Crippen LogP contribution < -0.4 is 0 Å². The minimum Gasteiger partial charge on any atom is -0.462 e. The molecular weight excluding hydrogens is 1210 g/mol. The first kappa shape index (κ1) is 90.1. The molecular formula is C73H142O17P2. The summed E-state index contributed by atoms with van der Waals surface area (Å²) in [6.45, 7) is 9.45. The van der Waals surface area contributed by atoms with Crippen LogP contribution in [0.15, 0.2) is 0 Å². The summed E-state index contributed by atoms with van der Waals surface area (Å²) in [6.07, 6.45) is 51.6. The van der Waals surface area contributed by atoms with Crippen LogP contribution in [0.2, 0.25) is 0 Å². The predicted molar refractivity (Wildman–Crippen MR) is 372 cm³/mol. The van der Waals surface area contributed by atoms with Gasteiger partial charge >= 0.3 is 39.5 Å². The Morgan fingerprint density at radius 3 is 0.739 bits per heavy atom. The van der Waals surface area contributed by atoms with Gasteiger partial charge in [0.05, 0.1) is 26.4 Å². The summed E-state index contributed by atoms with van der Waals surface area (Å²) >= 11 is 0. The lowest BCUT2D eigenvalue weighted by Gasteiger charge is -2.21. The fourth-order valence-corrected chi connectivity index (χ4v) is 12.7. The monoisotopic (exact) mass is 1350 g/mol. The SMILES string of the molecule is CCCCCCCCCCCCCCCCCCCCCCC(=O)O[C@H](COC(=O)CCCCCCCCCCCCCC)COP(=O)(O)OC[C@@H](O)COP(=O)(O)OC[C@@H](COC(=O)CCCCCCCCCC(C)C)OC(=O)CCCCCCCCCC(C)C. The first-order valence-corrected chi connectivity index (χ1v) is 41.0. The van der Waals surface area contributed by atoms with E-state index in [2.05, 4.69) is 41.5 Å². The molecule has 0 aromatic heterocycles. The van der Waals surface area contributed by atoms with Crippen molar-refractivity contribution in [3.63, 3.8) is 0 Å². The highest BCUT2D eigenvalue weighted by atomic mass is 31.2. The van der Waals surface area contributed by atoms with Gasteiger partial charge in [0, 0.05) is 25.7 Å². The lowest BCUT2D eigenvalue weighted by Crippen LogP contribution is -2.30. The molecule has 92 heavy (non-hydrogen) atoms. The Labute approximate surface area is 562 Å². The van der Waals surface area contributed by atoms with Gasteiger partial charge in [0.1, 0.15) is 19.3 Å². The predicted octanol–water partition coefficient (Wildman–Crippen LogP) is 21.2. The fourth-order valence-electron chi connectivity index (χ4n) is 11.1. The Bertz CT molecular complexity index is 1790. The number of phosphoric ester groups is 2. The zero-order valence-electron chi connectivity index (χ0n) is 59.9. The molecule has 0 saturated carbocycles. The molecule has 0 aliphatic rings. The molecule has 5 atom stereocenters. The van der Waals surface area contributed by atoms with Gasteiger partial charge in [-0.3, -0.25) is 37.3 Å². The van der Waals surface area contributed by atoms with Crippen molar-refractivity contribution >= 4 is 39.5 Å². The van der Waals surface area contributed by atoms with Crippen molar-refractivity contribution in [1.29, 1.82) is 0 Å². The molecule has 0 amide bonds. The summed E-state index contributed by atoms with van der Waals surface area (Å²) in [7, 11) is -9.90. The lowest BCUT2D eigenvalue weighted by molar-refractivity contribution is -0.161. The standard InChI is InChI=1S/C73H142O17P2/c1-7-9-11-13-15-17-19-21-22-23-24-25-26-27-28-30-32-38-45-51-57-72(77)89-68(61-83-70(75)55-49-43-37-31-29-20-18-16-14-12-10-8-2)63-87-91(79,80)85-59-67(74)60-86-92(81,82)88-64-69(90-73(78)58-52-46-40-34-36-42-48-54-66(5)6)62-84-71(76)56-50-44-39-33-35-41-47-53-65(3)4/h65-69,74H,7-64H2,1-6H3,(H,79,80)(H,81,82)/t67-,68-,69-/m1/s1. The normalized spacial score (nSPS) is 14.1. The van der Waals surface area contributed by atoms with Crippen LogP contribution in [0.4, 0.5) is 0 Å². The smallest absolute Gasteiger partial charge is 0.462 e. The van der Waals surface area contributed by atoms with Gasteiger partial charge in [-0.25, -0.2) is 9.13 Å². The minimum atomic E-state index is -4.95. The third kappa shape index (κ3) is 66.7. The molecule has 0 heterocycles. The Morgan fingerprint density at radius 2 is 0.500 bits per heavy atom. The second-order valence-electron chi connectivity index (χ2n) is 27.3. The average molecular weight is 1350 g/mol. The average Bonchev–Trinajstić information content (AvgIpc) is 3.74. The van der Waals surface area contributed by atoms with Crippen molar-refractivity contribution < 1.29 is 80.2 Å². The molecule has 0 fully saturated rings. The van der Waals surface area contributed by atoms with Gasteiger partial charge in [-0.15, -0.1) is 0 Å². The van der Waals surface area contributed by atoms with Crippen LogP contribution in [-0.2, 0) is 65.4 Å². The Balaban J connectivity index is 5.19. The molecule has 0 spiro atoms. The number of rotatable bonds is 72. The van der Waals surface area contributed by atoms with Crippen molar-refractivity contribution in [2.45, 2.75) is 394 Å². The number of hydrogen-bond acceptors (Lipinski definition) is 15. The number of aliphatic hydroxyl groups excluding tert-OH is 1. The Hall–Kier alpha value is -1.94. The number of unbranched alkanes of at least 4 members (excludes halogenated alkanes) is 42. The molecule has 17 nitrogen and oxygen atoms in total. The van der Waals surface area contributed by atoms with Gasteiger partial charge in [0.25, 0.3) is 0 Å². The van der Waals surface area contributed by atoms with Crippen molar-refractivity contribution in [3.05, 3.63) is 0 Å². The van der Waals surface area contributed by atoms with Crippen molar-refractivity contribution in [1.82, 2.24) is 0 Å². The number of phosphoric acid groups is 2. The summed E-state index contributed by atoms with van der Waals surface area (Å²) in [4.78, 5) is 72.6. The van der Waals surface area contributed by atoms with Crippen LogP contribution in [0.25, 0.3) is 0 Å². The molecule has 0 rings (SSSR count). The van der Waals surface area contributed by atoms with Gasteiger partial charge in [0.15, 0.2) is 12.2 Å². The molecule has 19 heteroatoms. The summed E-state index contributed by atoms with van der Waals surface area (Å²) in [5.74, 6) is -0.723. The third-order valence-corrected chi connectivity index (χ3v) is 18.9. The number of carbonyl (C=O) groups is 4. The van der Waals surface area contributed by atoms with E-state index >= 15 is 0 Å². The first-order valence-electron chi connectivity index (χ1n) is 38.0. The summed E-state index contributed by atoms with van der Waals surface area (Å²) in [5.41, 5.74) is 0. The number of aliphatic hydroxyl groups is 1. The van der Waals surface area contributed by atoms with E-state index in [1.165, 1.54) is 186 Å². The molecule has 0 aromatic carbocycles. The van der Waals surface area contributed by atoms with E-state index in [-0.39, 0.29) is 25.7 Å². The molecule has 2 unspecified atom stereocenters. The molecule has 0 saturated heterocycles. The van der Waals surface area contributed by atoms with Crippen molar-refractivity contribution in [2.24, 2.45) is 11.8 Å². The second kappa shape index (κ2) is 65.0.